The highest BCUT2D eigenvalue weighted by molar-refractivity contribution is 7.63. The fraction of sp³-hybridized carbons (Fsp3) is 0.786. The quantitative estimate of drug-likeness (QED) is 0.313. The molecule has 0 fully saturated rings. The third kappa shape index (κ3) is 16.0. The summed E-state index contributed by atoms with van der Waals surface area (Å²) >= 11 is 0. The summed E-state index contributed by atoms with van der Waals surface area (Å²) in [7, 11) is -0.206. The minimum atomic E-state index is -0.103. The number of ether oxygens (including phenoxy) is 6. The first kappa shape index (κ1) is 37.6. The van der Waals surface area contributed by atoms with Crippen molar-refractivity contribution in [2.45, 2.75) is 51.9 Å². The van der Waals surface area contributed by atoms with Crippen molar-refractivity contribution < 1.29 is 28.4 Å². The zero-order chi connectivity index (χ0) is 26.3. The minimum Gasteiger partial charge on any atom is -0.487 e. The van der Waals surface area contributed by atoms with Gasteiger partial charge in [-0.25, -0.2) is 0 Å². The van der Waals surface area contributed by atoms with Crippen molar-refractivity contribution in [2.75, 3.05) is 90.7 Å². The molecule has 0 aliphatic carbocycles. The Hall–Kier alpha value is -0.350. The highest BCUT2D eigenvalue weighted by atomic mass is 31.1. The van der Waals surface area contributed by atoms with Gasteiger partial charge in [0.25, 0.3) is 0 Å². The fourth-order valence-corrected chi connectivity index (χ4v) is 9.67. The van der Waals surface area contributed by atoms with Gasteiger partial charge in [0, 0.05) is 16.8 Å². The van der Waals surface area contributed by atoms with Crippen LogP contribution in [0.1, 0.15) is 41.5 Å². The third-order valence-electron chi connectivity index (χ3n) is 6.11. The summed E-state index contributed by atoms with van der Waals surface area (Å²) < 4.78 is 35.1. The molecule has 0 aromatic heterocycles. The summed E-state index contributed by atoms with van der Waals surface area (Å²) in [4.78, 5) is 0. The number of benzene rings is 1. The molecule has 6 radical (unpaired) electrons. The van der Waals surface area contributed by atoms with Crippen molar-refractivity contribution in [3.8, 4) is 11.5 Å². The highest BCUT2D eigenvalue weighted by Gasteiger charge is 2.28. The van der Waals surface area contributed by atoms with Gasteiger partial charge in [-0.2, -0.15) is 0 Å². The Bertz CT molecular complexity index is 656. The standard InChI is InChI=1S/C28H50O6P2.2B/c1-27(2,3)35-21-19-31-13-11-29-15-17-33-25-9-7-8-10-26(25)34-18-16-30-12-14-32-20-22-36(24-23-35)28(4,5)6;;/h7-10H,11-24H2,1-6H3;;/t35-,36+;;. The highest BCUT2D eigenvalue weighted by Crippen LogP contribution is 2.55. The van der Waals surface area contributed by atoms with E-state index in [2.05, 4.69) is 41.5 Å². The van der Waals surface area contributed by atoms with E-state index in [1.807, 2.05) is 24.3 Å². The largest absolute Gasteiger partial charge is 0.487 e. The van der Waals surface area contributed by atoms with Crippen LogP contribution in [-0.2, 0) is 18.9 Å². The zero-order valence-corrected chi connectivity index (χ0v) is 26.5. The lowest BCUT2D eigenvalue weighted by Crippen LogP contribution is -2.23. The van der Waals surface area contributed by atoms with Crippen LogP contribution in [0, 0.1) is 0 Å². The molecule has 0 amide bonds. The Morgan fingerprint density at radius 1 is 0.474 bits per heavy atom. The average molecular weight is 566 g/mol. The van der Waals surface area contributed by atoms with Gasteiger partial charge in [-0.3, -0.25) is 0 Å². The summed E-state index contributed by atoms with van der Waals surface area (Å²) in [6.07, 6.45) is 4.92. The van der Waals surface area contributed by atoms with E-state index in [4.69, 9.17) is 28.4 Å². The average Bonchev–Trinajstić information content (AvgIpc) is 2.80. The van der Waals surface area contributed by atoms with Crippen molar-refractivity contribution in [3.05, 3.63) is 24.3 Å². The smallest absolute Gasteiger partial charge is 0.161 e. The van der Waals surface area contributed by atoms with Crippen molar-refractivity contribution in [1.82, 2.24) is 0 Å². The van der Waals surface area contributed by atoms with Crippen LogP contribution in [0.15, 0.2) is 24.3 Å². The second-order valence-corrected chi connectivity index (χ2v) is 17.5. The summed E-state index contributed by atoms with van der Waals surface area (Å²) in [5.74, 6) is 1.45. The maximum atomic E-state index is 5.95. The topological polar surface area (TPSA) is 55.4 Å². The molecule has 2 rings (SSSR count). The molecular formula is C28H50B2O6P2. The van der Waals surface area contributed by atoms with Crippen LogP contribution in [0.5, 0.6) is 11.5 Å². The second-order valence-electron chi connectivity index (χ2n) is 10.9. The van der Waals surface area contributed by atoms with E-state index in [0.29, 0.717) is 63.2 Å². The van der Waals surface area contributed by atoms with Crippen LogP contribution in [0.4, 0.5) is 0 Å². The van der Waals surface area contributed by atoms with Gasteiger partial charge in [0.1, 0.15) is 13.2 Å². The van der Waals surface area contributed by atoms with Crippen LogP contribution in [-0.4, -0.2) is 118 Å². The minimum absolute atomic E-state index is 0. The Morgan fingerprint density at radius 2 is 0.789 bits per heavy atom. The molecule has 2 atom stereocenters. The third-order valence-corrected chi connectivity index (χ3v) is 13.2. The van der Waals surface area contributed by atoms with E-state index >= 15 is 0 Å². The summed E-state index contributed by atoms with van der Waals surface area (Å²) in [5.41, 5.74) is 0. The van der Waals surface area contributed by atoms with Crippen LogP contribution in [0.3, 0.4) is 0 Å². The molecule has 10 heteroatoms. The normalized spacial score (nSPS) is 22.7. The van der Waals surface area contributed by atoms with E-state index in [0.717, 1.165) is 37.0 Å². The number of hydrogen-bond donors (Lipinski definition) is 0. The first-order valence-corrected chi connectivity index (χ1v) is 16.8. The molecule has 1 aliphatic rings. The Balaban J connectivity index is 0.00000684. The van der Waals surface area contributed by atoms with E-state index in [1.165, 1.54) is 12.3 Å². The van der Waals surface area contributed by atoms with Crippen LogP contribution < -0.4 is 9.47 Å². The molecule has 0 unspecified atom stereocenters. The number of rotatable bonds is 0. The molecule has 0 N–H and O–H groups in total. The van der Waals surface area contributed by atoms with Gasteiger partial charge in [-0.05, 0) is 47.1 Å². The molecule has 1 aromatic carbocycles. The maximum Gasteiger partial charge on any atom is 0.161 e. The molecular weight excluding hydrogens is 516 g/mol. The van der Waals surface area contributed by atoms with E-state index in [9.17, 15) is 0 Å². The van der Waals surface area contributed by atoms with E-state index in [1.54, 1.807) is 0 Å². The molecule has 1 aliphatic heterocycles. The molecule has 6 nitrogen and oxygen atoms in total. The lowest BCUT2D eigenvalue weighted by Gasteiger charge is -2.36. The van der Waals surface area contributed by atoms with Crippen molar-refractivity contribution in [1.29, 1.82) is 0 Å². The Kier molecular flexibility index (Phi) is 20.3. The van der Waals surface area contributed by atoms with Crippen LogP contribution >= 0.6 is 15.8 Å². The first-order valence-electron chi connectivity index (χ1n) is 13.3. The predicted octanol–water partition coefficient (Wildman–Crippen LogP) is 5.32. The SMILES string of the molecule is CC(C)(C)[P@]1CCOCCOCCOc2ccccc2OCCOCCOCC[P@](C(C)(C)C)CC1.[B].[B]. The van der Waals surface area contributed by atoms with Gasteiger partial charge < -0.3 is 28.4 Å². The molecule has 0 spiro atoms. The van der Waals surface area contributed by atoms with Gasteiger partial charge in [0.05, 0.1) is 52.9 Å². The maximum absolute atomic E-state index is 5.95. The van der Waals surface area contributed by atoms with Gasteiger partial charge >= 0.3 is 0 Å². The lowest BCUT2D eigenvalue weighted by atomic mass is 10.3. The Labute approximate surface area is 239 Å². The number of fused-ring (bicyclic) bond motifs is 1. The van der Waals surface area contributed by atoms with Crippen LogP contribution in [0.2, 0.25) is 0 Å². The number of para-hydroxylation sites is 2. The molecule has 0 saturated heterocycles. The molecule has 0 bridgehead atoms. The zero-order valence-electron chi connectivity index (χ0n) is 24.7. The second kappa shape index (κ2) is 20.5. The van der Waals surface area contributed by atoms with Crippen molar-refractivity contribution in [3.63, 3.8) is 0 Å². The fourth-order valence-electron chi connectivity index (χ4n) is 3.91. The molecule has 1 aromatic rings. The van der Waals surface area contributed by atoms with Crippen molar-refractivity contribution in [2.24, 2.45) is 0 Å². The molecule has 214 valence electrons. The first-order chi connectivity index (χ1) is 17.2. The Morgan fingerprint density at radius 3 is 1.13 bits per heavy atom. The summed E-state index contributed by atoms with van der Waals surface area (Å²) in [6.45, 7) is 20.4. The van der Waals surface area contributed by atoms with E-state index < -0.39 is 0 Å². The van der Waals surface area contributed by atoms with Crippen molar-refractivity contribution >= 4 is 32.7 Å². The summed E-state index contributed by atoms with van der Waals surface area (Å²) in [5, 5.41) is 0.675. The molecule has 0 saturated carbocycles. The van der Waals surface area contributed by atoms with Gasteiger partial charge in [0.2, 0.25) is 0 Å². The monoisotopic (exact) mass is 566 g/mol. The van der Waals surface area contributed by atoms with Gasteiger partial charge in [-0.15, -0.1) is 0 Å². The van der Waals surface area contributed by atoms with Gasteiger partial charge in [-0.1, -0.05) is 69.5 Å². The van der Waals surface area contributed by atoms with E-state index in [-0.39, 0.29) is 32.7 Å². The van der Waals surface area contributed by atoms with Crippen LogP contribution in [0.25, 0.3) is 0 Å². The number of hydrogen-bond acceptors (Lipinski definition) is 6. The molecule has 38 heavy (non-hydrogen) atoms. The van der Waals surface area contributed by atoms with Gasteiger partial charge in [0.15, 0.2) is 11.5 Å². The summed E-state index contributed by atoms with van der Waals surface area (Å²) in [6, 6.07) is 7.71. The molecule has 1 heterocycles. The predicted molar refractivity (Wildman–Crippen MR) is 165 cm³/mol. The lowest BCUT2D eigenvalue weighted by molar-refractivity contribution is 0.0374.